The zero-order valence-corrected chi connectivity index (χ0v) is 15.7. The summed E-state index contributed by atoms with van der Waals surface area (Å²) in [6.07, 6.45) is -3.00. The van der Waals surface area contributed by atoms with E-state index in [0.717, 1.165) is 11.8 Å². The predicted octanol–water partition coefficient (Wildman–Crippen LogP) is 0.785. The van der Waals surface area contributed by atoms with Crippen LogP contribution in [0.4, 0.5) is 0 Å². The van der Waals surface area contributed by atoms with E-state index in [1.807, 2.05) is 30.3 Å². The van der Waals surface area contributed by atoms with Crippen molar-refractivity contribution in [2.45, 2.75) is 56.9 Å². The van der Waals surface area contributed by atoms with Gasteiger partial charge in [-0.05, 0) is 19.4 Å². The zero-order valence-electron chi connectivity index (χ0n) is 14.9. The molecule has 8 nitrogen and oxygen atoms in total. The van der Waals surface area contributed by atoms with Crippen LogP contribution in [0.15, 0.2) is 30.3 Å². The van der Waals surface area contributed by atoms with Gasteiger partial charge in [-0.15, -0.1) is 0 Å². The number of fused-ring (bicyclic) bond motifs is 1. The lowest BCUT2D eigenvalue weighted by atomic mass is 10.1. The standard InChI is InChI=1S/C17H24O8S/c1-17(2)24-14-13(12(18)10-22-26(3,19)20)23-16(15(14)25-17)21-9-11-7-5-4-6-8-11/h4-8,12-16,18H,9-10H2,1-3H3/t12-,13-,14+,15+,16+/m1/s1. The topological polar surface area (TPSA) is 101 Å². The van der Waals surface area contributed by atoms with Gasteiger partial charge in [0.15, 0.2) is 12.1 Å². The van der Waals surface area contributed by atoms with Gasteiger partial charge in [0.1, 0.15) is 24.4 Å². The summed E-state index contributed by atoms with van der Waals surface area (Å²) in [7, 11) is -3.67. The molecule has 1 aromatic rings. The number of rotatable bonds is 7. The first-order chi connectivity index (χ1) is 12.1. The minimum atomic E-state index is -3.67. The molecule has 0 aliphatic carbocycles. The van der Waals surface area contributed by atoms with E-state index in [1.165, 1.54) is 0 Å². The van der Waals surface area contributed by atoms with Crippen LogP contribution >= 0.6 is 0 Å². The van der Waals surface area contributed by atoms with Crippen molar-refractivity contribution in [1.29, 1.82) is 0 Å². The van der Waals surface area contributed by atoms with Gasteiger partial charge in [-0.2, -0.15) is 8.42 Å². The third-order valence-corrected chi connectivity index (χ3v) is 4.70. The molecule has 26 heavy (non-hydrogen) atoms. The Morgan fingerprint density at radius 1 is 1.19 bits per heavy atom. The Morgan fingerprint density at radius 2 is 1.85 bits per heavy atom. The number of aliphatic hydroxyl groups excluding tert-OH is 1. The predicted molar refractivity (Wildman–Crippen MR) is 90.5 cm³/mol. The zero-order chi connectivity index (χ0) is 18.9. The summed E-state index contributed by atoms with van der Waals surface area (Å²) in [5.41, 5.74) is 0.968. The van der Waals surface area contributed by atoms with E-state index in [4.69, 9.17) is 18.9 Å². The van der Waals surface area contributed by atoms with E-state index < -0.39 is 53.2 Å². The third-order valence-electron chi connectivity index (χ3n) is 4.14. The second-order valence-corrected chi connectivity index (χ2v) is 8.53. The fourth-order valence-corrected chi connectivity index (χ4v) is 3.46. The van der Waals surface area contributed by atoms with Crippen LogP contribution in [0.25, 0.3) is 0 Å². The second kappa shape index (κ2) is 7.51. The maximum Gasteiger partial charge on any atom is 0.264 e. The monoisotopic (exact) mass is 388 g/mol. The molecule has 2 fully saturated rings. The molecular formula is C17H24O8S. The van der Waals surface area contributed by atoms with Gasteiger partial charge in [-0.3, -0.25) is 4.18 Å². The van der Waals surface area contributed by atoms with Crippen molar-refractivity contribution in [3.05, 3.63) is 35.9 Å². The van der Waals surface area contributed by atoms with Gasteiger partial charge in [-0.25, -0.2) is 0 Å². The fourth-order valence-electron chi connectivity index (χ4n) is 3.08. The molecule has 0 unspecified atom stereocenters. The molecular weight excluding hydrogens is 364 g/mol. The summed E-state index contributed by atoms with van der Waals surface area (Å²) in [5.74, 6) is -0.858. The van der Waals surface area contributed by atoms with Crippen LogP contribution < -0.4 is 0 Å². The highest BCUT2D eigenvalue weighted by Crippen LogP contribution is 2.40. The number of ether oxygens (including phenoxy) is 4. The molecule has 2 heterocycles. The molecule has 0 radical (unpaired) electrons. The Labute approximate surface area is 153 Å². The largest absolute Gasteiger partial charge is 0.388 e. The summed E-state index contributed by atoms with van der Waals surface area (Å²) in [6.45, 7) is 3.40. The first-order valence-electron chi connectivity index (χ1n) is 8.34. The lowest BCUT2D eigenvalue weighted by Crippen LogP contribution is -2.41. The Kier molecular flexibility index (Phi) is 5.69. The molecule has 0 spiro atoms. The Hall–Kier alpha value is -1.07. The SMILES string of the molecule is CC1(C)O[C@@H]2[C@H](O1)[C@@H](OCc1ccccc1)O[C@@H]2[C@H](O)COS(C)(=O)=O. The van der Waals surface area contributed by atoms with Crippen LogP contribution in [-0.4, -0.2) is 62.9 Å². The summed E-state index contributed by atoms with van der Waals surface area (Å²) < 4.78 is 50.3. The van der Waals surface area contributed by atoms with Crippen molar-refractivity contribution in [3.8, 4) is 0 Å². The van der Waals surface area contributed by atoms with Crippen molar-refractivity contribution in [3.63, 3.8) is 0 Å². The maximum absolute atomic E-state index is 11.2. The van der Waals surface area contributed by atoms with Gasteiger partial charge in [0, 0.05) is 0 Å². The number of hydrogen-bond acceptors (Lipinski definition) is 8. The van der Waals surface area contributed by atoms with Crippen LogP contribution in [-0.2, 0) is 39.9 Å². The highest BCUT2D eigenvalue weighted by Gasteiger charge is 2.57. The number of hydrogen-bond donors (Lipinski definition) is 1. The van der Waals surface area contributed by atoms with E-state index >= 15 is 0 Å². The summed E-state index contributed by atoms with van der Waals surface area (Å²) in [6, 6.07) is 9.58. The number of benzene rings is 1. The van der Waals surface area contributed by atoms with E-state index in [1.54, 1.807) is 13.8 Å². The van der Waals surface area contributed by atoms with Crippen molar-refractivity contribution in [2.75, 3.05) is 12.9 Å². The van der Waals surface area contributed by atoms with Gasteiger partial charge in [0.25, 0.3) is 10.1 Å². The van der Waals surface area contributed by atoms with Crippen LogP contribution in [0.5, 0.6) is 0 Å². The Bertz CT molecular complexity index is 705. The quantitative estimate of drug-likeness (QED) is 0.684. The first kappa shape index (κ1) is 19.7. The molecule has 3 rings (SSSR count). The van der Waals surface area contributed by atoms with Gasteiger partial charge >= 0.3 is 0 Å². The normalized spacial score (nSPS) is 31.7. The fraction of sp³-hybridized carbons (Fsp3) is 0.647. The van der Waals surface area contributed by atoms with Crippen LogP contribution in [0, 0.1) is 0 Å². The van der Waals surface area contributed by atoms with E-state index in [2.05, 4.69) is 4.18 Å². The lowest BCUT2D eigenvalue weighted by Gasteiger charge is -2.26. The summed E-state index contributed by atoms with van der Waals surface area (Å²) >= 11 is 0. The molecule has 2 saturated heterocycles. The maximum atomic E-state index is 11.2. The van der Waals surface area contributed by atoms with Crippen LogP contribution in [0.1, 0.15) is 19.4 Å². The molecule has 0 saturated carbocycles. The van der Waals surface area contributed by atoms with Gasteiger partial charge in [0.2, 0.25) is 0 Å². The number of aliphatic hydroxyl groups is 1. The van der Waals surface area contributed by atoms with Crippen LogP contribution in [0.2, 0.25) is 0 Å². The van der Waals surface area contributed by atoms with Crippen molar-refractivity contribution in [1.82, 2.24) is 0 Å². The van der Waals surface area contributed by atoms with E-state index in [-0.39, 0.29) is 0 Å². The van der Waals surface area contributed by atoms with Gasteiger partial charge < -0.3 is 24.1 Å². The Balaban J connectivity index is 1.67. The first-order valence-corrected chi connectivity index (χ1v) is 10.2. The van der Waals surface area contributed by atoms with E-state index in [9.17, 15) is 13.5 Å². The molecule has 0 aromatic heterocycles. The van der Waals surface area contributed by atoms with E-state index in [0.29, 0.717) is 6.61 Å². The molecule has 0 amide bonds. The Morgan fingerprint density at radius 3 is 2.50 bits per heavy atom. The van der Waals surface area contributed by atoms with Crippen LogP contribution in [0.3, 0.4) is 0 Å². The average Bonchev–Trinajstić information content (AvgIpc) is 3.04. The molecule has 146 valence electrons. The molecule has 2 aliphatic rings. The summed E-state index contributed by atoms with van der Waals surface area (Å²) in [5, 5.41) is 10.3. The molecule has 1 N–H and O–H groups in total. The van der Waals surface area contributed by atoms with Crippen molar-refractivity contribution >= 4 is 10.1 Å². The highest BCUT2D eigenvalue weighted by atomic mass is 32.2. The van der Waals surface area contributed by atoms with Gasteiger partial charge in [0.05, 0.1) is 19.5 Å². The van der Waals surface area contributed by atoms with Crippen molar-refractivity contribution < 1.29 is 36.7 Å². The minimum absolute atomic E-state index is 0.307. The third kappa shape index (κ3) is 4.80. The average molecular weight is 388 g/mol. The summed E-state index contributed by atoms with van der Waals surface area (Å²) in [4.78, 5) is 0. The second-order valence-electron chi connectivity index (χ2n) is 6.89. The van der Waals surface area contributed by atoms with Gasteiger partial charge in [-0.1, -0.05) is 30.3 Å². The van der Waals surface area contributed by atoms with Crippen molar-refractivity contribution in [2.24, 2.45) is 0 Å². The molecule has 9 heteroatoms. The molecule has 2 aliphatic heterocycles. The highest BCUT2D eigenvalue weighted by molar-refractivity contribution is 7.85. The lowest BCUT2D eigenvalue weighted by molar-refractivity contribution is -0.246. The molecule has 0 bridgehead atoms. The smallest absolute Gasteiger partial charge is 0.264 e. The molecule has 5 atom stereocenters. The minimum Gasteiger partial charge on any atom is -0.388 e. The molecule has 1 aromatic carbocycles.